The van der Waals surface area contributed by atoms with E-state index < -0.39 is 13.9 Å². The van der Waals surface area contributed by atoms with Gasteiger partial charge in [-0.25, -0.2) is 0 Å². The van der Waals surface area contributed by atoms with Crippen LogP contribution in [-0.4, -0.2) is 24.2 Å². The number of hydrogen-bond donors (Lipinski definition) is 1. The molecule has 68 valence electrons. The van der Waals surface area contributed by atoms with E-state index in [1.807, 2.05) is 0 Å². The topological polar surface area (TPSA) is 55.8 Å². The molecule has 1 unspecified atom stereocenters. The molecule has 0 aromatic heterocycles. The van der Waals surface area contributed by atoms with Crippen molar-refractivity contribution in [3.8, 4) is 0 Å². The number of hydrogen-bond acceptors (Lipinski definition) is 4. The molecule has 1 N–H and O–H groups in total. The van der Waals surface area contributed by atoms with Gasteiger partial charge in [0, 0.05) is 0 Å². The first kappa shape index (κ1) is 11.1. The highest BCUT2D eigenvalue weighted by molar-refractivity contribution is 7.53. The summed E-state index contributed by atoms with van der Waals surface area (Å²) in [6.07, 6.45) is -0.751. The van der Waals surface area contributed by atoms with Gasteiger partial charge in [0.05, 0.1) is 12.7 Å². The minimum absolute atomic E-state index is 0.195. The van der Waals surface area contributed by atoms with Gasteiger partial charge in [0.15, 0.2) is 0 Å². The van der Waals surface area contributed by atoms with Crippen LogP contribution in [0.1, 0.15) is 20.8 Å². The Balaban J connectivity index is 4.00. The molecule has 0 aromatic rings. The lowest BCUT2D eigenvalue weighted by Crippen LogP contribution is -2.05. The number of aliphatic hydroxyl groups excluding tert-OH is 1. The van der Waals surface area contributed by atoms with E-state index in [-0.39, 0.29) is 12.7 Å². The Labute approximate surface area is 67.0 Å². The second-order valence-electron chi connectivity index (χ2n) is 2.32. The van der Waals surface area contributed by atoms with Crippen LogP contribution < -0.4 is 0 Å². The molecule has 0 aliphatic heterocycles. The Bertz CT molecular complexity index is 146. The van der Waals surface area contributed by atoms with Gasteiger partial charge in [-0.1, -0.05) is 0 Å². The van der Waals surface area contributed by atoms with E-state index in [1.165, 1.54) is 0 Å². The van der Waals surface area contributed by atoms with E-state index in [9.17, 15) is 4.57 Å². The van der Waals surface area contributed by atoms with Crippen molar-refractivity contribution >= 4 is 7.60 Å². The molecular weight excluding hydrogens is 167 g/mol. The highest BCUT2D eigenvalue weighted by atomic mass is 31.2. The summed E-state index contributed by atoms with van der Waals surface area (Å²) < 4.78 is 21.0. The third-order valence-electron chi connectivity index (χ3n) is 0.870. The molecule has 0 saturated carbocycles. The van der Waals surface area contributed by atoms with E-state index in [0.29, 0.717) is 0 Å². The van der Waals surface area contributed by atoms with Gasteiger partial charge in [-0.2, -0.15) is 0 Å². The first-order valence-corrected chi connectivity index (χ1v) is 5.29. The molecule has 11 heavy (non-hydrogen) atoms. The first-order chi connectivity index (χ1) is 5.04. The van der Waals surface area contributed by atoms with E-state index in [2.05, 4.69) is 0 Å². The molecule has 1 atom stereocenters. The van der Waals surface area contributed by atoms with E-state index in [4.69, 9.17) is 14.2 Å². The Morgan fingerprint density at radius 2 is 2.09 bits per heavy atom. The molecule has 4 nitrogen and oxygen atoms in total. The summed E-state index contributed by atoms with van der Waals surface area (Å²) >= 11 is 0. The molecule has 0 aromatic carbocycles. The maximum absolute atomic E-state index is 11.3. The third kappa shape index (κ3) is 4.53. The second-order valence-corrected chi connectivity index (χ2v) is 4.30. The average molecular weight is 182 g/mol. The highest BCUT2D eigenvalue weighted by Gasteiger charge is 2.23. The summed E-state index contributed by atoms with van der Waals surface area (Å²) in [5, 5.41) is 8.65. The molecule has 0 aliphatic rings. The van der Waals surface area contributed by atoms with Crippen molar-refractivity contribution in [2.24, 2.45) is 0 Å². The fourth-order valence-corrected chi connectivity index (χ4v) is 1.87. The SMILES string of the molecule is CCOP(=O)(CO)OC(C)C. The Morgan fingerprint density at radius 1 is 1.55 bits per heavy atom. The fourth-order valence-electron chi connectivity index (χ4n) is 0.622. The van der Waals surface area contributed by atoms with Crippen molar-refractivity contribution < 1.29 is 18.7 Å². The minimum Gasteiger partial charge on any atom is -0.384 e. The van der Waals surface area contributed by atoms with Gasteiger partial charge in [0.1, 0.15) is 6.35 Å². The maximum atomic E-state index is 11.3. The zero-order valence-corrected chi connectivity index (χ0v) is 8.01. The fraction of sp³-hybridized carbons (Fsp3) is 1.00. The number of rotatable bonds is 5. The molecular formula is C6H15O4P. The van der Waals surface area contributed by atoms with Crippen LogP contribution in [0.5, 0.6) is 0 Å². The largest absolute Gasteiger partial charge is 0.384 e. The van der Waals surface area contributed by atoms with Crippen LogP contribution in [0, 0.1) is 0 Å². The van der Waals surface area contributed by atoms with Crippen molar-refractivity contribution in [1.29, 1.82) is 0 Å². The molecule has 0 radical (unpaired) electrons. The van der Waals surface area contributed by atoms with E-state index in [0.717, 1.165) is 0 Å². The highest BCUT2D eigenvalue weighted by Crippen LogP contribution is 2.47. The third-order valence-corrected chi connectivity index (χ3v) is 2.61. The normalized spacial score (nSPS) is 16.8. The molecule has 0 amide bonds. The maximum Gasteiger partial charge on any atom is 0.356 e. The summed E-state index contributed by atoms with van der Waals surface area (Å²) in [6.45, 7) is 5.46. The van der Waals surface area contributed by atoms with Crippen LogP contribution in [0.4, 0.5) is 0 Å². The zero-order valence-electron chi connectivity index (χ0n) is 7.11. The lowest BCUT2D eigenvalue weighted by atomic mass is 10.5. The summed E-state index contributed by atoms with van der Waals surface area (Å²) in [6, 6.07) is 0. The van der Waals surface area contributed by atoms with Crippen LogP contribution in [0.3, 0.4) is 0 Å². The van der Waals surface area contributed by atoms with Crippen LogP contribution in [0.25, 0.3) is 0 Å². The Kier molecular flexibility index (Phi) is 4.93. The van der Waals surface area contributed by atoms with Crippen molar-refractivity contribution in [3.05, 3.63) is 0 Å². The van der Waals surface area contributed by atoms with Crippen molar-refractivity contribution in [2.75, 3.05) is 13.0 Å². The van der Waals surface area contributed by atoms with Crippen molar-refractivity contribution in [3.63, 3.8) is 0 Å². The van der Waals surface area contributed by atoms with Crippen molar-refractivity contribution in [1.82, 2.24) is 0 Å². The van der Waals surface area contributed by atoms with Crippen LogP contribution in [0.2, 0.25) is 0 Å². The van der Waals surface area contributed by atoms with Crippen LogP contribution in [0.15, 0.2) is 0 Å². The molecule has 0 fully saturated rings. The summed E-state index contributed by atoms with van der Waals surface area (Å²) in [5.74, 6) is 0. The summed E-state index contributed by atoms with van der Waals surface area (Å²) in [7, 11) is -3.20. The predicted octanol–water partition coefficient (Wildman–Crippen LogP) is 1.59. The molecule has 0 bridgehead atoms. The van der Waals surface area contributed by atoms with Gasteiger partial charge in [0.2, 0.25) is 0 Å². The van der Waals surface area contributed by atoms with E-state index >= 15 is 0 Å². The average Bonchev–Trinajstić information content (AvgIpc) is 1.87. The van der Waals surface area contributed by atoms with E-state index in [1.54, 1.807) is 20.8 Å². The van der Waals surface area contributed by atoms with Gasteiger partial charge in [-0.05, 0) is 20.8 Å². The smallest absolute Gasteiger partial charge is 0.356 e. The van der Waals surface area contributed by atoms with Gasteiger partial charge < -0.3 is 14.2 Å². The van der Waals surface area contributed by atoms with Gasteiger partial charge >= 0.3 is 7.60 Å². The quantitative estimate of drug-likeness (QED) is 0.656. The minimum atomic E-state index is -3.20. The van der Waals surface area contributed by atoms with Crippen molar-refractivity contribution in [2.45, 2.75) is 26.9 Å². The summed E-state index contributed by atoms with van der Waals surface area (Å²) in [5.41, 5.74) is 0. The molecule has 0 heterocycles. The molecule has 0 aliphatic carbocycles. The standard InChI is InChI=1S/C6H15O4P/c1-4-9-11(8,5-7)10-6(2)3/h6-7H,4-5H2,1-3H3. The Hall–Kier alpha value is 0.110. The van der Waals surface area contributed by atoms with Gasteiger partial charge in [0.25, 0.3) is 0 Å². The lowest BCUT2D eigenvalue weighted by molar-refractivity contribution is 0.153. The molecule has 0 spiro atoms. The van der Waals surface area contributed by atoms with Gasteiger partial charge in [-0.15, -0.1) is 0 Å². The van der Waals surface area contributed by atoms with Gasteiger partial charge in [-0.3, -0.25) is 4.57 Å². The number of aliphatic hydroxyl groups is 1. The Morgan fingerprint density at radius 3 is 2.36 bits per heavy atom. The summed E-state index contributed by atoms with van der Waals surface area (Å²) in [4.78, 5) is 0. The molecule has 5 heteroatoms. The zero-order chi connectivity index (χ0) is 8.91. The first-order valence-electron chi connectivity index (χ1n) is 3.57. The second kappa shape index (κ2) is 4.88. The molecule has 0 rings (SSSR count). The monoisotopic (exact) mass is 182 g/mol. The molecule has 0 saturated heterocycles. The lowest BCUT2D eigenvalue weighted by Gasteiger charge is -2.17. The predicted molar refractivity (Wildman–Crippen MR) is 42.5 cm³/mol. The van der Waals surface area contributed by atoms with Crippen LogP contribution >= 0.6 is 7.60 Å². The van der Waals surface area contributed by atoms with Crippen LogP contribution in [-0.2, 0) is 13.6 Å².